The molecule has 144 valence electrons. The highest BCUT2D eigenvalue weighted by Crippen LogP contribution is 2.31. The Morgan fingerprint density at radius 2 is 1.89 bits per heavy atom. The summed E-state index contributed by atoms with van der Waals surface area (Å²) in [6.45, 7) is 0.199. The molecule has 1 aromatic carbocycles. The van der Waals surface area contributed by atoms with E-state index in [9.17, 15) is 4.79 Å². The van der Waals surface area contributed by atoms with Gasteiger partial charge in [0.05, 0.1) is 0 Å². The third-order valence-electron chi connectivity index (χ3n) is 4.87. The molecule has 0 bridgehead atoms. The van der Waals surface area contributed by atoms with Gasteiger partial charge in [0.25, 0.3) is 11.8 Å². The van der Waals surface area contributed by atoms with E-state index >= 15 is 0 Å². The van der Waals surface area contributed by atoms with Crippen molar-refractivity contribution in [2.45, 2.75) is 43.9 Å². The maximum Gasteiger partial charge on any atom is 0.264 e. The number of amides is 1. The lowest BCUT2D eigenvalue weighted by molar-refractivity contribution is -0.131. The number of rotatable bonds is 4. The van der Waals surface area contributed by atoms with Gasteiger partial charge in [-0.3, -0.25) is 4.79 Å². The van der Waals surface area contributed by atoms with E-state index in [4.69, 9.17) is 19.5 Å². The Morgan fingerprint density at radius 3 is 2.68 bits per heavy atom. The van der Waals surface area contributed by atoms with Crippen molar-refractivity contribution in [1.82, 2.24) is 15.3 Å². The number of nitrogens with one attached hydrogen (secondary N) is 1. The molecule has 28 heavy (non-hydrogen) atoms. The number of fused-ring (bicyclic) bond motifs is 1. The predicted octanol–water partition coefficient (Wildman–Crippen LogP) is 1.99. The van der Waals surface area contributed by atoms with Gasteiger partial charge < -0.3 is 19.5 Å². The maximum absolute atomic E-state index is 12.5. The summed E-state index contributed by atoms with van der Waals surface area (Å²) in [6, 6.07) is 9.36. The Balaban J connectivity index is 1.27. The van der Waals surface area contributed by atoms with E-state index < -0.39 is 6.10 Å². The molecule has 1 fully saturated rings. The lowest BCUT2D eigenvalue weighted by Crippen LogP contribution is -2.49. The quantitative estimate of drug-likeness (QED) is 0.864. The Hall–Kier alpha value is -3.34. The van der Waals surface area contributed by atoms with Gasteiger partial charge in [-0.2, -0.15) is 5.26 Å². The van der Waals surface area contributed by atoms with Crippen molar-refractivity contribution in [3.05, 3.63) is 42.4 Å². The van der Waals surface area contributed by atoms with Gasteiger partial charge >= 0.3 is 0 Å². The first kappa shape index (κ1) is 18.0. The van der Waals surface area contributed by atoms with Crippen molar-refractivity contribution in [2.24, 2.45) is 0 Å². The summed E-state index contributed by atoms with van der Waals surface area (Å²) >= 11 is 0. The third kappa shape index (κ3) is 3.98. The fraction of sp³-hybridized carbons (Fsp3) is 0.400. The molecule has 1 aromatic heterocycles. The van der Waals surface area contributed by atoms with Gasteiger partial charge in [-0.15, -0.1) is 0 Å². The van der Waals surface area contributed by atoms with Crippen LogP contribution in [0.3, 0.4) is 0 Å². The molecule has 1 atom stereocenters. The fourth-order valence-electron chi connectivity index (χ4n) is 3.41. The third-order valence-corrected chi connectivity index (χ3v) is 4.87. The summed E-state index contributed by atoms with van der Waals surface area (Å²) in [7, 11) is 0. The molecule has 0 unspecified atom stereocenters. The summed E-state index contributed by atoms with van der Waals surface area (Å²) in [5.41, 5.74) is 0.188. The number of aromatic nitrogens is 2. The molecule has 2 aromatic rings. The number of carbonyl (C=O) groups is 1. The van der Waals surface area contributed by atoms with Crippen LogP contribution >= 0.6 is 0 Å². The SMILES string of the molecule is N#Cc1nccnc1OC1CCC(NC(=O)[C@@H]2COc3ccccc3O2)CC1. The first-order valence-corrected chi connectivity index (χ1v) is 9.29. The molecule has 4 rings (SSSR count). The second-order valence-electron chi connectivity index (χ2n) is 6.79. The summed E-state index contributed by atoms with van der Waals surface area (Å²) in [6.07, 6.45) is 5.36. The predicted molar refractivity (Wildman–Crippen MR) is 97.9 cm³/mol. The number of hydrogen-bond acceptors (Lipinski definition) is 7. The van der Waals surface area contributed by atoms with Crippen LogP contribution in [0.1, 0.15) is 31.4 Å². The number of nitrogens with zero attached hydrogens (tertiary/aromatic N) is 3. The molecule has 1 aliphatic heterocycles. The smallest absolute Gasteiger partial charge is 0.264 e. The normalized spacial score (nSPS) is 23.3. The van der Waals surface area contributed by atoms with Crippen molar-refractivity contribution in [3.63, 3.8) is 0 Å². The molecule has 1 aliphatic carbocycles. The van der Waals surface area contributed by atoms with Crippen LogP contribution in [0, 0.1) is 11.3 Å². The molecule has 0 spiro atoms. The number of para-hydroxylation sites is 2. The highest BCUT2D eigenvalue weighted by Gasteiger charge is 2.31. The lowest BCUT2D eigenvalue weighted by atomic mass is 9.92. The topological polar surface area (TPSA) is 106 Å². The maximum atomic E-state index is 12.5. The van der Waals surface area contributed by atoms with Crippen LogP contribution in [0.4, 0.5) is 0 Å². The van der Waals surface area contributed by atoms with E-state index in [1.807, 2.05) is 24.3 Å². The second-order valence-corrected chi connectivity index (χ2v) is 6.79. The van der Waals surface area contributed by atoms with Crippen molar-refractivity contribution in [3.8, 4) is 23.4 Å². The van der Waals surface area contributed by atoms with E-state index in [-0.39, 0.29) is 36.2 Å². The fourth-order valence-corrected chi connectivity index (χ4v) is 3.41. The number of ether oxygens (including phenoxy) is 3. The lowest BCUT2D eigenvalue weighted by Gasteiger charge is -2.31. The van der Waals surface area contributed by atoms with Crippen LogP contribution in [-0.2, 0) is 4.79 Å². The van der Waals surface area contributed by atoms with Gasteiger partial charge in [-0.05, 0) is 37.8 Å². The van der Waals surface area contributed by atoms with Crippen molar-refractivity contribution < 1.29 is 19.0 Å². The minimum absolute atomic E-state index is 0.0434. The van der Waals surface area contributed by atoms with Crippen LogP contribution in [0.2, 0.25) is 0 Å². The minimum atomic E-state index is -0.651. The molecule has 8 nitrogen and oxygen atoms in total. The van der Waals surface area contributed by atoms with Gasteiger partial charge in [0, 0.05) is 18.4 Å². The van der Waals surface area contributed by atoms with E-state index in [1.54, 1.807) is 6.07 Å². The highest BCUT2D eigenvalue weighted by molar-refractivity contribution is 5.82. The second kappa shape index (κ2) is 8.13. The zero-order valence-corrected chi connectivity index (χ0v) is 15.2. The van der Waals surface area contributed by atoms with E-state index in [0.717, 1.165) is 25.7 Å². The summed E-state index contributed by atoms with van der Waals surface area (Å²) in [5.74, 6) is 1.34. The summed E-state index contributed by atoms with van der Waals surface area (Å²) < 4.78 is 17.2. The number of carbonyl (C=O) groups excluding carboxylic acids is 1. The Kier molecular flexibility index (Phi) is 5.24. The molecule has 0 saturated heterocycles. The Labute approximate surface area is 162 Å². The average Bonchev–Trinajstić information content (AvgIpc) is 2.75. The molecule has 2 heterocycles. The number of benzene rings is 1. The summed E-state index contributed by atoms with van der Waals surface area (Å²) in [4.78, 5) is 20.6. The van der Waals surface area contributed by atoms with Crippen molar-refractivity contribution in [2.75, 3.05) is 6.61 Å². The molecule has 8 heteroatoms. The van der Waals surface area contributed by atoms with Crippen LogP contribution in [-0.4, -0.2) is 40.7 Å². The standard InChI is InChI=1S/C20H20N4O4/c21-11-15-20(23-10-9-22-15)27-14-7-5-13(6-8-14)24-19(25)18-12-26-16-3-1-2-4-17(16)28-18/h1-4,9-10,13-14,18H,5-8,12H2,(H,24,25)/t13?,14?,18-/m0/s1. The zero-order chi connectivity index (χ0) is 19.3. The Bertz CT molecular complexity index is 890. The van der Waals surface area contributed by atoms with E-state index in [1.165, 1.54) is 12.4 Å². The van der Waals surface area contributed by atoms with Crippen LogP contribution < -0.4 is 19.5 Å². The molecular weight excluding hydrogens is 360 g/mol. The highest BCUT2D eigenvalue weighted by atomic mass is 16.6. The monoisotopic (exact) mass is 380 g/mol. The Morgan fingerprint density at radius 1 is 1.14 bits per heavy atom. The minimum Gasteiger partial charge on any atom is -0.485 e. The molecule has 1 N–H and O–H groups in total. The first-order chi connectivity index (χ1) is 13.7. The number of hydrogen-bond donors (Lipinski definition) is 1. The van der Waals surface area contributed by atoms with E-state index in [0.29, 0.717) is 11.5 Å². The number of nitriles is 1. The van der Waals surface area contributed by atoms with Crippen LogP contribution in [0.15, 0.2) is 36.7 Å². The van der Waals surface area contributed by atoms with Gasteiger partial charge in [-0.1, -0.05) is 12.1 Å². The average molecular weight is 380 g/mol. The molecular formula is C20H20N4O4. The van der Waals surface area contributed by atoms with Crippen molar-refractivity contribution in [1.29, 1.82) is 5.26 Å². The van der Waals surface area contributed by atoms with Gasteiger partial charge in [0.2, 0.25) is 11.8 Å². The first-order valence-electron chi connectivity index (χ1n) is 9.29. The van der Waals surface area contributed by atoms with Gasteiger partial charge in [0.15, 0.2) is 11.5 Å². The van der Waals surface area contributed by atoms with Crippen LogP contribution in [0.5, 0.6) is 17.4 Å². The molecule has 1 amide bonds. The van der Waals surface area contributed by atoms with Crippen molar-refractivity contribution >= 4 is 5.91 Å². The molecule has 1 saturated carbocycles. The van der Waals surface area contributed by atoms with Crippen LogP contribution in [0.25, 0.3) is 0 Å². The largest absolute Gasteiger partial charge is 0.485 e. The molecule has 2 aliphatic rings. The van der Waals surface area contributed by atoms with Gasteiger partial charge in [-0.25, -0.2) is 9.97 Å². The molecule has 0 radical (unpaired) electrons. The van der Waals surface area contributed by atoms with E-state index in [2.05, 4.69) is 15.3 Å². The summed E-state index contributed by atoms with van der Waals surface area (Å²) in [5, 5.41) is 12.1. The zero-order valence-electron chi connectivity index (χ0n) is 15.2. The van der Waals surface area contributed by atoms with Gasteiger partial charge in [0.1, 0.15) is 18.8 Å².